The number of carbonyl (C=O) groups excluding carboxylic acids is 1. The molecule has 134 valence electrons. The molecule has 26 heavy (non-hydrogen) atoms. The number of pyridine rings is 1. The molecule has 0 unspecified atom stereocenters. The number of aryl methyl sites for hydroxylation is 1. The molecule has 4 rings (SSSR count). The third-order valence-electron chi connectivity index (χ3n) is 4.86. The topological polar surface area (TPSA) is 71.3 Å². The normalized spacial score (nSPS) is 14.8. The summed E-state index contributed by atoms with van der Waals surface area (Å²) < 4.78 is 5.19. The Labute approximate surface area is 152 Å². The van der Waals surface area contributed by atoms with Crippen LogP contribution in [0.3, 0.4) is 0 Å². The van der Waals surface area contributed by atoms with Gasteiger partial charge in [-0.25, -0.2) is 4.98 Å². The Morgan fingerprint density at radius 3 is 2.88 bits per heavy atom. The van der Waals surface area contributed by atoms with Gasteiger partial charge < -0.3 is 9.84 Å². The van der Waals surface area contributed by atoms with Crippen molar-refractivity contribution in [2.24, 2.45) is 0 Å². The number of nitrogens with zero attached hydrogens (tertiary/aromatic N) is 3. The zero-order valence-corrected chi connectivity index (χ0v) is 14.9. The summed E-state index contributed by atoms with van der Waals surface area (Å²) in [6.45, 7) is 5.10. The third kappa shape index (κ3) is 3.32. The minimum absolute atomic E-state index is 0.170. The van der Waals surface area contributed by atoms with Crippen molar-refractivity contribution in [1.82, 2.24) is 15.0 Å². The van der Waals surface area contributed by atoms with Crippen molar-refractivity contribution in [3.63, 3.8) is 0 Å². The smallest absolute Gasteiger partial charge is 0.257 e. The predicted molar refractivity (Wildman–Crippen MR) is 100 cm³/mol. The van der Waals surface area contributed by atoms with Crippen molar-refractivity contribution in [2.75, 3.05) is 18.4 Å². The number of amides is 1. The molecule has 0 aliphatic carbocycles. The number of para-hydroxylation sites is 1. The summed E-state index contributed by atoms with van der Waals surface area (Å²) in [5, 5.41) is 7.83. The van der Waals surface area contributed by atoms with Crippen molar-refractivity contribution in [3.05, 3.63) is 53.3 Å². The van der Waals surface area contributed by atoms with E-state index in [9.17, 15) is 4.79 Å². The maximum Gasteiger partial charge on any atom is 0.257 e. The van der Waals surface area contributed by atoms with Crippen molar-refractivity contribution >= 4 is 22.7 Å². The van der Waals surface area contributed by atoms with E-state index in [1.54, 1.807) is 6.07 Å². The summed E-state index contributed by atoms with van der Waals surface area (Å²) in [4.78, 5) is 19.4. The molecule has 0 atom stereocenters. The molecule has 1 aliphatic rings. The van der Waals surface area contributed by atoms with Gasteiger partial charge in [-0.2, -0.15) is 0 Å². The first-order valence-corrected chi connectivity index (χ1v) is 9.10. The van der Waals surface area contributed by atoms with E-state index in [0.29, 0.717) is 11.3 Å². The number of hydrogen-bond acceptors (Lipinski definition) is 5. The zero-order valence-electron chi connectivity index (χ0n) is 14.9. The second kappa shape index (κ2) is 7.25. The van der Waals surface area contributed by atoms with Crippen LogP contribution in [0.2, 0.25) is 0 Å². The first-order valence-electron chi connectivity index (χ1n) is 9.10. The molecule has 1 aromatic carbocycles. The Morgan fingerprint density at radius 2 is 2.08 bits per heavy atom. The lowest BCUT2D eigenvalue weighted by Crippen LogP contribution is -2.20. The van der Waals surface area contributed by atoms with Gasteiger partial charge in [-0.15, -0.1) is 0 Å². The molecule has 0 saturated carbocycles. The van der Waals surface area contributed by atoms with E-state index in [-0.39, 0.29) is 5.91 Å². The van der Waals surface area contributed by atoms with Crippen LogP contribution in [-0.2, 0) is 13.0 Å². The molecule has 2 aromatic heterocycles. The fourth-order valence-corrected chi connectivity index (χ4v) is 3.41. The van der Waals surface area contributed by atoms with Gasteiger partial charge in [-0.3, -0.25) is 9.69 Å². The molecule has 6 nitrogen and oxygen atoms in total. The van der Waals surface area contributed by atoms with Gasteiger partial charge >= 0.3 is 0 Å². The molecule has 1 N–H and O–H groups in total. The van der Waals surface area contributed by atoms with Gasteiger partial charge in [0.25, 0.3) is 11.6 Å². The van der Waals surface area contributed by atoms with Crippen molar-refractivity contribution in [1.29, 1.82) is 0 Å². The molecule has 1 amide bonds. The van der Waals surface area contributed by atoms with Crippen LogP contribution in [0.15, 0.2) is 41.1 Å². The summed E-state index contributed by atoms with van der Waals surface area (Å²) in [6, 6.07) is 9.78. The van der Waals surface area contributed by atoms with Crippen LogP contribution in [0, 0.1) is 0 Å². The molecular weight excluding hydrogens is 328 g/mol. The van der Waals surface area contributed by atoms with Crippen molar-refractivity contribution < 1.29 is 9.32 Å². The van der Waals surface area contributed by atoms with E-state index >= 15 is 0 Å². The van der Waals surface area contributed by atoms with Gasteiger partial charge in [0.15, 0.2) is 0 Å². The number of benzene rings is 1. The van der Waals surface area contributed by atoms with E-state index < -0.39 is 0 Å². The monoisotopic (exact) mass is 350 g/mol. The van der Waals surface area contributed by atoms with Crippen LogP contribution in [0.4, 0.5) is 5.69 Å². The molecule has 3 aromatic rings. The maximum absolute atomic E-state index is 12.8. The minimum atomic E-state index is -0.170. The molecule has 0 bridgehead atoms. The van der Waals surface area contributed by atoms with E-state index in [1.807, 2.05) is 25.1 Å². The van der Waals surface area contributed by atoms with E-state index in [4.69, 9.17) is 4.52 Å². The van der Waals surface area contributed by atoms with E-state index in [0.717, 1.165) is 48.4 Å². The summed E-state index contributed by atoms with van der Waals surface area (Å²) in [5.41, 5.74) is 3.78. The Kier molecular flexibility index (Phi) is 4.67. The number of rotatable bonds is 5. The van der Waals surface area contributed by atoms with Gasteiger partial charge in [0.1, 0.15) is 0 Å². The lowest BCUT2D eigenvalue weighted by Gasteiger charge is -2.17. The highest BCUT2D eigenvalue weighted by atomic mass is 16.5. The average molecular weight is 350 g/mol. The standard InChI is InChI=1S/C20H22N4O2/c1-2-17-16-11-15(12-21-20(16)26-23-17)19(25)22-18-8-4-3-7-14(18)13-24-9-5-6-10-24/h3-4,7-8,11-12H,2,5-6,9-10,13H2,1H3,(H,22,25). The van der Waals surface area contributed by atoms with Crippen LogP contribution < -0.4 is 5.32 Å². The first-order chi connectivity index (χ1) is 12.7. The Morgan fingerprint density at radius 1 is 1.27 bits per heavy atom. The van der Waals surface area contributed by atoms with Gasteiger partial charge in [0.05, 0.1) is 16.6 Å². The fourth-order valence-electron chi connectivity index (χ4n) is 3.41. The lowest BCUT2D eigenvalue weighted by molar-refractivity contribution is 0.102. The first kappa shape index (κ1) is 16.7. The Balaban J connectivity index is 1.56. The predicted octanol–water partition coefficient (Wildman–Crippen LogP) is 3.63. The molecule has 6 heteroatoms. The lowest BCUT2D eigenvalue weighted by atomic mass is 10.1. The summed E-state index contributed by atoms with van der Waals surface area (Å²) >= 11 is 0. The summed E-state index contributed by atoms with van der Waals surface area (Å²) in [5.74, 6) is -0.170. The van der Waals surface area contributed by atoms with Crippen molar-refractivity contribution in [2.45, 2.75) is 32.7 Å². The van der Waals surface area contributed by atoms with Gasteiger partial charge in [0, 0.05) is 18.4 Å². The van der Waals surface area contributed by atoms with Crippen LogP contribution in [0.5, 0.6) is 0 Å². The zero-order chi connectivity index (χ0) is 17.9. The Hall–Kier alpha value is -2.73. The minimum Gasteiger partial charge on any atom is -0.336 e. The highest BCUT2D eigenvalue weighted by molar-refractivity contribution is 6.06. The van der Waals surface area contributed by atoms with Crippen molar-refractivity contribution in [3.8, 4) is 0 Å². The van der Waals surface area contributed by atoms with Crippen LogP contribution in [-0.4, -0.2) is 34.0 Å². The van der Waals surface area contributed by atoms with Crippen LogP contribution in [0.1, 0.15) is 41.4 Å². The SMILES string of the molecule is CCc1noc2ncc(C(=O)Nc3ccccc3CN3CCCC3)cc12. The summed E-state index contributed by atoms with van der Waals surface area (Å²) in [6.07, 6.45) is 4.77. The second-order valence-corrected chi connectivity index (χ2v) is 6.65. The number of nitrogens with one attached hydrogen (secondary N) is 1. The van der Waals surface area contributed by atoms with Crippen LogP contribution >= 0.6 is 0 Å². The average Bonchev–Trinajstić information content (AvgIpc) is 3.32. The third-order valence-corrected chi connectivity index (χ3v) is 4.86. The molecule has 3 heterocycles. The fraction of sp³-hybridized carbons (Fsp3) is 0.350. The van der Waals surface area contributed by atoms with Gasteiger partial charge in [-0.05, 0) is 50.0 Å². The Bertz CT molecular complexity index is 928. The van der Waals surface area contributed by atoms with Gasteiger partial charge in [-0.1, -0.05) is 30.3 Å². The maximum atomic E-state index is 12.8. The molecule has 0 radical (unpaired) electrons. The molecule has 0 spiro atoms. The number of likely N-dealkylation sites (tertiary alicyclic amines) is 1. The number of anilines is 1. The molecular formula is C20H22N4O2. The second-order valence-electron chi connectivity index (χ2n) is 6.65. The largest absolute Gasteiger partial charge is 0.336 e. The highest BCUT2D eigenvalue weighted by Gasteiger charge is 2.16. The molecule has 1 saturated heterocycles. The number of fused-ring (bicyclic) bond motifs is 1. The quantitative estimate of drug-likeness (QED) is 0.761. The molecule has 1 aliphatic heterocycles. The van der Waals surface area contributed by atoms with Gasteiger partial charge in [0.2, 0.25) is 0 Å². The highest BCUT2D eigenvalue weighted by Crippen LogP contribution is 2.22. The van der Waals surface area contributed by atoms with E-state index in [2.05, 4.69) is 26.4 Å². The molecule has 1 fully saturated rings. The van der Waals surface area contributed by atoms with Crippen LogP contribution in [0.25, 0.3) is 11.1 Å². The van der Waals surface area contributed by atoms with E-state index in [1.165, 1.54) is 19.0 Å². The summed E-state index contributed by atoms with van der Waals surface area (Å²) in [7, 11) is 0. The number of aromatic nitrogens is 2. The number of hydrogen-bond donors (Lipinski definition) is 1. The number of carbonyl (C=O) groups is 1.